The molecule has 4 aliphatic heterocycles. The van der Waals surface area contributed by atoms with Gasteiger partial charge in [-0.05, 0) is 135 Å². The molecule has 0 aliphatic carbocycles. The lowest BCUT2D eigenvalue weighted by Crippen LogP contribution is -2.63. The lowest BCUT2D eigenvalue weighted by Gasteiger charge is -2.44. The van der Waals surface area contributed by atoms with Gasteiger partial charge in [0.1, 0.15) is 23.0 Å². The van der Waals surface area contributed by atoms with Crippen molar-refractivity contribution in [2.24, 2.45) is 0 Å². The third kappa shape index (κ3) is 7.42. The van der Waals surface area contributed by atoms with Crippen LogP contribution in [0.25, 0.3) is 33.4 Å². The van der Waals surface area contributed by atoms with Crippen LogP contribution in [0.2, 0.25) is 0 Å². The van der Waals surface area contributed by atoms with Gasteiger partial charge >= 0.3 is 0 Å². The second kappa shape index (κ2) is 18.7. The van der Waals surface area contributed by atoms with E-state index in [0.717, 1.165) is 135 Å². The second-order valence-corrected chi connectivity index (χ2v) is 21.6. The molecule has 5 nitrogen and oxygen atoms in total. The molecule has 4 aliphatic rings. The Bertz CT molecular complexity index is 4420. The molecule has 12 aromatic rings. The van der Waals surface area contributed by atoms with Gasteiger partial charge in [-0.25, -0.2) is 0 Å². The maximum absolute atomic E-state index is 7.78. The third-order valence-corrected chi connectivity index (χ3v) is 17.0. The summed E-state index contributed by atoms with van der Waals surface area (Å²) in [6, 6.07) is 99.0. The van der Waals surface area contributed by atoms with Crippen LogP contribution >= 0.6 is 0 Å². The van der Waals surface area contributed by atoms with E-state index >= 15 is 0 Å². The van der Waals surface area contributed by atoms with Crippen molar-refractivity contribution in [3.8, 4) is 56.4 Å². The SMILES string of the molecule is Cc1cccc(-c2ccccc2)c1N1c2cc3c(cc2B2c4ccccc4Oc4cc(-c5ccccc5)cc1c42)B1c2ccccc2N(c2c(C)cccc2-c2ccccc2)c2cc(N(c4ccccc4)c4ccccc4)cc(c21)O3. The molecule has 12 aromatic carbocycles. The number of fused-ring (bicyclic) bond motifs is 8. The van der Waals surface area contributed by atoms with E-state index in [4.69, 9.17) is 9.47 Å². The van der Waals surface area contributed by atoms with Crippen LogP contribution in [0.4, 0.5) is 51.2 Å². The average Bonchev–Trinajstić information content (AvgIpc) is 3.19. The van der Waals surface area contributed by atoms with E-state index in [2.05, 4.69) is 302 Å². The zero-order chi connectivity index (χ0) is 53.7. The molecule has 380 valence electrons. The Morgan fingerprint density at radius 1 is 0.296 bits per heavy atom. The van der Waals surface area contributed by atoms with Gasteiger partial charge in [-0.3, -0.25) is 0 Å². The van der Waals surface area contributed by atoms with Gasteiger partial charge in [-0.2, -0.15) is 0 Å². The molecule has 0 fully saturated rings. The summed E-state index contributed by atoms with van der Waals surface area (Å²) in [6.45, 7) is 4.14. The lowest BCUT2D eigenvalue weighted by molar-refractivity contribution is 0.487. The first-order valence-corrected chi connectivity index (χ1v) is 28.0. The predicted molar refractivity (Wildman–Crippen MR) is 339 cm³/mol. The van der Waals surface area contributed by atoms with Crippen molar-refractivity contribution in [3.05, 3.63) is 284 Å². The van der Waals surface area contributed by atoms with Gasteiger partial charge in [-0.15, -0.1) is 0 Å². The minimum absolute atomic E-state index is 0.158. The minimum atomic E-state index is -0.195. The largest absolute Gasteiger partial charge is 0.458 e. The summed E-state index contributed by atoms with van der Waals surface area (Å²) in [5.41, 5.74) is 25.8. The molecule has 0 unspecified atom stereocenters. The summed E-state index contributed by atoms with van der Waals surface area (Å²) >= 11 is 0. The molecular weight excluding hydrogens is 984 g/mol. The Kier molecular flexibility index (Phi) is 10.8. The summed E-state index contributed by atoms with van der Waals surface area (Å²) in [5.74, 6) is 3.38. The minimum Gasteiger partial charge on any atom is -0.458 e. The summed E-state index contributed by atoms with van der Waals surface area (Å²) in [4.78, 5) is 7.41. The van der Waals surface area contributed by atoms with E-state index in [1.807, 2.05) is 0 Å². The van der Waals surface area contributed by atoms with Crippen LogP contribution < -0.4 is 57.0 Å². The number of benzene rings is 12. The monoisotopic (exact) mass is 1040 g/mol. The Morgan fingerprint density at radius 3 is 1.40 bits per heavy atom. The van der Waals surface area contributed by atoms with Crippen LogP contribution in [0.1, 0.15) is 11.1 Å². The Hall–Kier alpha value is -10.2. The number of ether oxygens (including phenoxy) is 2. The molecule has 81 heavy (non-hydrogen) atoms. The first kappa shape index (κ1) is 46.8. The molecule has 16 rings (SSSR count). The van der Waals surface area contributed by atoms with E-state index in [-0.39, 0.29) is 13.4 Å². The number of rotatable bonds is 8. The number of hydrogen-bond donors (Lipinski definition) is 0. The van der Waals surface area contributed by atoms with E-state index in [1.165, 1.54) is 16.5 Å². The van der Waals surface area contributed by atoms with Crippen LogP contribution in [0.5, 0.6) is 23.0 Å². The fourth-order valence-electron chi connectivity index (χ4n) is 13.5. The van der Waals surface area contributed by atoms with E-state index in [1.54, 1.807) is 0 Å². The number of nitrogens with zero attached hydrogens (tertiary/aromatic N) is 3. The maximum atomic E-state index is 7.78. The van der Waals surface area contributed by atoms with Crippen LogP contribution in [0.3, 0.4) is 0 Å². The summed E-state index contributed by atoms with van der Waals surface area (Å²) in [7, 11) is 0. The van der Waals surface area contributed by atoms with Crippen LogP contribution in [-0.2, 0) is 0 Å². The molecule has 0 spiro atoms. The van der Waals surface area contributed by atoms with Crippen molar-refractivity contribution in [2.75, 3.05) is 14.7 Å². The maximum Gasteiger partial charge on any atom is 0.256 e. The van der Waals surface area contributed by atoms with Crippen molar-refractivity contribution in [1.29, 1.82) is 0 Å². The second-order valence-electron chi connectivity index (χ2n) is 21.6. The Labute approximate surface area is 473 Å². The van der Waals surface area contributed by atoms with Gasteiger partial charge in [0.25, 0.3) is 13.4 Å². The summed E-state index contributed by atoms with van der Waals surface area (Å²) in [5, 5.41) is 0. The van der Waals surface area contributed by atoms with Crippen LogP contribution in [-0.4, -0.2) is 13.4 Å². The number of anilines is 9. The topological polar surface area (TPSA) is 28.2 Å². The van der Waals surface area contributed by atoms with Gasteiger partial charge in [0.2, 0.25) is 0 Å². The summed E-state index contributed by atoms with van der Waals surface area (Å²) < 4.78 is 14.9. The highest BCUT2D eigenvalue weighted by molar-refractivity contribution is 7.02. The van der Waals surface area contributed by atoms with E-state index in [9.17, 15) is 0 Å². The third-order valence-electron chi connectivity index (χ3n) is 17.0. The molecule has 0 saturated heterocycles. The highest BCUT2D eigenvalue weighted by Gasteiger charge is 2.48. The predicted octanol–water partition coefficient (Wildman–Crippen LogP) is 15.6. The van der Waals surface area contributed by atoms with Gasteiger partial charge in [0.05, 0.1) is 17.1 Å². The van der Waals surface area contributed by atoms with Crippen molar-refractivity contribution < 1.29 is 9.47 Å². The van der Waals surface area contributed by atoms with E-state index in [0.29, 0.717) is 0 Å². The molecule has 0 saturated carbocycles. The van der Waals surface area contributed by atoms with Gasteiger partial charge in [0.15, 0.2) is 0 Å². The smallest absolute Gasteiger partial charge is 0.256 e. The van der Waals surface area contributed by atoms with Gasteiger partial charge in [0, 0.05) is 57.4 Å². The van der Waals surface area contributed by atoms with Crippen molar-refractivity contribution >= 4 is 97.4 Å². The zero-order valence-electron chi connectivity index (χ0n) is 44.8. The molecule has 0 amide bonds. The lowest BCUT2D eigenvalue weighted by atomic mass is 9.31. The molecular formula is C74H51B2N3O2. The molecule has 0 bridgehead atoms. The van der Waals surface area contributed by atoms with E-state index < -0.39 is 0 Å². The number of para-hydroxylation sites is 6. The first-order valence-electron chi connectivity index (χ1n) is 28.0. The van der Waals surface area contributed by atoms with Crippen molar-refractivity contribution in [1.82, 2.24) is 0 Å². The van der Waals surface area contributed by atoms with Crippen LogP contribution in [0.15, 0.2) is 273 Å². The average molecular weight is 1040 g/mol. The highest BCUT2D eigenvalue weighted by Crippen LogP contribution is 2.52. The fourth-order valence-corrected chi connectivity index (χ4v) is 13.5. The molecule has 0 N–H and O–H groups in total. The van der Waals surface area contributed by atoms with Crippen molar-refractivity contribution in [2.45, 2.75) is 13.8 Å². The highest BCUT2D eigenvalue weighted by atomic mass is 16.5. The zero-order valence-corrected chi connectivity index (χ0v) is 44.8. The molecule has 0 aromatic heterocycles. The number of hydrogen-bond acceptors (Lipinski definition) is 5. The van der Waals surface area contributed by atoms with Gasteiger partial charge in [-0.1, -0.05) is 206 Å². The standard InChI is InChI=1S/C74H51B2N3O2/c1-48-24-22-36-57(51-28-10-4-11-29-51)73(48)78-63-40-20-18-38-59(63)75-62-46-61-64(47-68(62)81-70-45-56(44-66(78)72(70)75)77(54-32-14-6-15-33-54)55-34-16-7-17-35-55)79(74-49(2)25-23-37-58(74)52-30-12-5-13-31-52)65-42-53(50-26-8-3-9-27-50)43-69-71(65)76(61)60-39-19-21-41-67(60)80-69/h3-47H,1-2H3. The van der Waals surface area contributed by atoms with Gasteiger partial charge < -0.3 is 24.2 Å². The van der Waals surface area contributed by atoms with Crippen molar-refractivity contribution in [3.63, 3.8) is 0 Å². The molecule has 4 heterocycles. The summed E-state index contributed by atoms with van der Waals surface area (Å²) in [6.07, 6.45) is 0. The normalized spacial score (nSPS) is 12.9. The Morgan fingerprint density at radius 2 is 0.778 bits per heavy atom. The quantitative estimate of drug-likeness (QED) is 0.141. The van der Waals surface area contributed by atoms with Crippen LogP contribution in [0, 0.1) is 13.8 Å². The number of aryl methyl sites for hydroxylation is 2. The molecule has 7 heteroatoms. The fraction of sp³-hybridized carbons (Fsp3) is 0.0270. The Balaban J connectivity index is 1.00. The first-order chi connectivity index (χ1) is 40.0. The molecule has 0 radical (unpaired) electrons. The molecule has 0 atom stereocenters.